The lowest BCUT2D eigenvalue weighted by Gasteiger charge is -2.27. The van der Waals surface area contributed by atoms with E-state index >= 15 is 0 Å². The highest BCUT2D eigenvalue weighted by Gasteiger charge is 2.34. The molecule has 16 heteroatoms. The van der Waals surface area contributed by atoms with E-state index in [9.17, 15) is 58.2 Å². The first-order valence-electron chi connectivity index (χ1n) is 26.8. The summed E-state index contributed by atoms with van der Waals surface area (Å²) in [6, 6.07) is -3.47. The van der Waals surface area contributed by atoms with Gasteiger partial charge in [0, 0.05) is 68.6 Å². The number of rotatable bonds is 45. The van der Waals surface area contributed by atoms with Crippen molar-refractivity contribution < 1.29 is 58.2 Å². The number of nitrogens with two attached hydrogens (primary N) is 1. The number of nitrogens with one attached hydrogen (secondary N) is 3. The highest BCUT2D eigenvalue weighted by atomic mass is 16.4. The number of hydrogen-bond donors (Lipinski definition) is 6. The number of Topliss-reactive ketones (excluding diaryl/α,β-unsaturated/α-hetero) is 4. The second-order valence-corrected chi connectivity index (χ2v) is 20.5. The second kappa shape index (κ2) is 38.2. The van der Waals surface area contributed by atoms with Gasteiger partial charge in [-0.1, -0.05) is 151 Å². The standard InChI is InChI=1S/C54H94N4O12/c1-9-11-13-15-16-17-18-19-20-21-22-23-25-27-42(59)35-43(36(3)4)54(70)58-50(37(5)6)47(62)32-38(7)52(68)56-39(8)45(60)34-41(28-30-48(63)64)53(69)57-44(29-31-49(65)66)46(61)33-40(51(55)67)26-24-14-12-10-2/h36-41,43-44,50H,9-35H2,1-8H3,(H2,55,67)(H,56,68)(H,57,69)(H,58,70)(H,63,64)(H,65,66)/t38-,39+,40-,41-,43+,44+,50+/m1/s1. The average Bonchev–Trinajstić information content (AvgIpc) is 3.28. The highest BCUT2D eigenvalue weighted by Crippen LogP contribution is 2.22. The highest BCUT2D eigenvalue weighted by molar-refractivity contribution is 5.97. The number of carbonyl (C=O) groups is 10. The number of carboxylic acid groups (broad SMARTS) is 2. The van der Waals surface area contributed by atoms with Crippen LogP contribution in [-0.2, 0) is 47.9 Å². The molecule has 0 heterocycles. The van der Waals surface area contributed by atoms with Crippen LogP contribution in [-0.4, -0.2) is 87.0 Å². The lowest BCUT2D eigenvalue weighted by molar-refractivity contribution is -0.140. The van der Waals surface area contributed by atoms with E-state index in [0.717, 1.165) is 44.9 Å². The molecule has 0 rings (SSSR count). The minimum Gasteiger partial charge on any atom is -0.481 e. The van der Waals surface area contributed by atoms with E-state index in [-0.39, 0.29) is 49.7 Å². The summed E-state index contributed by atoms with van der Waals surface area (Å²) in [6.07, 6.45) is 17.0. The summed E-state index contributed by atoms with van der Waals surface area (Å²) < 4.78 is 0. The average molecular weight is 991 g/mol. The molecule has 0 aliphatic rings. The molecule has 70 heavy (non-hydrogen) atoms. The van der Waals surface area contributed by atoms with Crippen molar-refractivity contribution in [2.75, 3.05) is 0 Å². The molecule has 0 aliphatic heterocycles. The van der Waals surface area contributed by atoms with E-state index in [0.29, 0.717) is 19.3 Å². The molecular formula is C54H94N4O12. The van der Waals surface area contributed by atoms with Crippen LogP contribution in [0.1, 0.15) is 229 Å². The van der Waals surface area contributed by atoms with Crippen LogP contribution < -0.4 is 21.7 Å². The summed E-state index contributed by atoms with van der Waals surface area (Å²) >= 11 is 0. The zero-order chi connectivity index (χ0) is 53.2. The van der Waals surface area contributed by atoms with E-state index in [1.807, 2.05) is 20.8 Å². The summed E-state index contributed by atoms with van der Waals surface area (Å²) in [4.78, 5) is 129. The van der Waals surface area contributed by atoms with Crippen LogP contribution in [0.4, 0.5) is 0 Å². The molecule has 0 aliphatic carbocycles. The first kappa shape index (κ1) is 65.5. The number of aliphatic carboxylic acids is 2. The molecule has 0 saturated carbocycles. The summed E-state index contributed by atoms with van der Waals surface area (Å²) in [5.74, 6) is -10.9. The monoisotopic (exact) mass is 991 g/mol. The molecule has 7 atom stereocenters. The molecule has 16 nitrogen and oxygen atoms in total. The molecule has 0 saturated heterocycles. The fourth-order valence-corrected chi connectivity index (χ4v) is 8.62. The molecule has 4 amide bonds. The Morgan fingerprint density at radius 1 is 0.443 bits per heavy atom. The summed E-state index contributed by atoms with van der Waals surface area (Å²) in [5, 5.41) is 26.7. The SMILES string of the molecule is CCCCCCCCCCCCCCCC(=O)C[C@H](C(=O)N[C@H](C(=O)C[C@@H](C)C(=O)N[C@@H](C)C(=O)C[C@@H](CCC(=O)O)C(=O)N[C@@H](CCC(=O)O)C(=O)C[C@@H](CCCCCC)C(N)=O)C(C)C)C(C)C. The largest absolute Gasteiger partial charge is 0.481 e. The molecule has 0 bridgehead atoms. The van der Waals surface area contributed by atoms with Crippen molar-refractivity contribution in [3.8, 4) is 0 Å². The van der Waals surface area contributed by atoms with Crippen molar-refractivity contribution in [1.82, 2.24) is 16.0 Å². The third-order valence-electron chi connectivity index (χ3n) is 13.4. The Morgan fingerprint density at radius 2 is 0.929 bits per heavy atom. The smallest absolute Gasteiger partial charge is 0.303 e. The lowest BCUT2D eigenvalue weighted by Crippen LogP contribution is -2.49. The minimum absolute atomic E-state index is 0.0146. The van der Waals surface area contributed by atoms with Gasteiger partial charge in [-0.3, -0.25) is 47.9 Å². The van der Waals surface area contributed by atoms with Gasteiger partial charge >= 0.3 is 11.9 Å². The van der Waals surface area contributed by atoms with Crippen molar-refractivity contribution in [3.05, 3.63) is 0 Å². The summed E-state index contributed by atoms with van der Waals surface area (Å²) in [7, 11) is 0. The Kier molecular flexibility index (Phi) is 35.8. The van der Waals surface area contributed by atoms with E-state index in [4.69, 9.17) is 5.73 Å². The molecular weight excluding hydrogens is 897 g/mol. The van der Waals surface area contributed by atoms with Crippen molar-refractivity contribution in [2.45, 2.75) is 247 Å². The Morgan fingerprint density at radius 3 is 1.41 bits per heavy atom. The van der Waals surface area contributed by atoms with Crippen LogP contribution in [0.25, 0.3) is 0 Å². The van der Waals surface area contributed by atoms with Crippen LogP contribution >= 0.6 is 0 Å². The Labute approximate surface area is 419 Å². The molecule has 0 fully saturated rings. The first-order valence-corrected chi connectivity index (χ1v) is 26.8. The van der Waals surface area contributed by atoms with E-state index in [1.54, 1.807) is 13.8 Å². The van der Waals surface area contributed by atoms with Crippen molar-refractivity contribution >= 4 is 58.7 Å². The number of carbonyl (C=O) groups excluding carboxylic acids is 8. The van der Waals surface area contributed by atoms with Crippen molar-refractivity contribution in [3.63, 3.8) is 0 Å². The van der Waals surface area contributed by atoms with Gasteiger partial charge in [0.1, 0.15) is 5.78 Å². The van der Waals surface area contributed by atoms with Crippen LogP contribution in [0.3, 0.4) is 0 Å². The van der Waals surface area contributed by atoms with Crippen LogP contribution in [0, 0.1) is 35.5 Å². The van der Waals surface area contributed by atoms with Gasteiger partial charge in [0.25, 0.3) is 0 Å². The predicted octanol–water partition coefficient (Wildman–Crippen LogP) is 8.76. The maximum absolute atomic E-state index is 13.6. The Hall–Kier alpha value is -4.50. The molecule has 0 aromatic heterocycles. The quantitative estimate of drug-likeness (QED) is 0.0313. The van der Waals surface area contributed by atoms with Crippen LogP contribution in [0.15, 0.2) is 0 Å². The topological polar surface area (TPSA) is 273 Å². The predicted molar refractivity (Wildman–Crippen MR) is 271 cm³/mol. The van der Waals surface area contributed by atoms with E-state index in [2.05, 4.69) is 22.9 Å². The molecule has 0 spiro atoms. The number of ketones is 4. The summed E-state index contributed by atoms with van der Waals surface area (Å²) in [5.41, 5.74) is 5.57. The third-order valence-corrected chi connectivity index (χ3v) is 13.4. The maximum Gasteiger partial charge on any atom is 0.303 e. The first-order chi connectivity index (χ1) is 33.0. The van der Waals surface area contributed by atoms with Crippen LogP contribution in [0.5, 0.6) is 0 Å². The van der Waals surface area contributed by atoms with Gasteiger partial charge < -0.3 is 31.9 Å². The molecule has 7 N–H and O–H groups in total. The van der Waals surface area contributed by atoms with Gasteiger partial charge in [-0.15, -0.1) is 0 Å². The minimum atomic E-state index is -1.35. The van der Waals surface area contributed by atoms with Gasteiger partial charge in [0.2, 0.25) is 23.6 Å². The molecule has 0 unspecified atom stereocenters. The van der Waals surface area contributed by atoms with Crippen molar-refractivity contribution in [2.24, 2.45) is 41.2 Å². The Bertz CT molecular complexity index is 1630. The molecule has 0 radical (unpaired) electrons. The number of primary amides is 1. The van der Waals surface area contributed by atoms with Gasteiger partial charge in [-0.05, 0) is 44.4 Å². The summed E-state index contributed by atoms with van der Waals surface area (Å²) in [6.45, 7) is 14.4. The molecule has 0 aromatic carbocycles. The number of carboxylic acids is 2. The van der Waals surface area contributed by atoms with Gasteiger partial charge in [-0.2, -0.15) is 0 Å². The third kappa shape index (κ3) is 30.3. The number of amides is 4. The van der Waals surface area contributed by atoms with Crippen LogP contribution in [0.2, 0.25) is 0 Å². The van der Waals surface area contributed by atoms with E-state index in [1.165, 1.54) is 71.6 Å². The van der Waals surface area contributed by atoms with Gasteiger partial charge in [0.05, 0.1) is 18.1 Å². The molecule has 402 valence electrons. The number of hydrogen-bond acceptors (Lipinski definition) is 10. The number of unbranched alkanes of at least 4 members (excludes halogenated alkanes) is 15. The second-order valence-electron chi connectivity index (χ2n) is 20.5. The molecule has 0 aromatic rings. The van der Waals surface area contributed by atoms with E-state index < -0.39 is 114 Å². The van der Waals surface area contributed by atoms with Gasteiger partial charge in [0.15, 0.2) is 17.3 Å². The maximum atomic E-state index is 13.6. The lowest BCUT2D eigenvalue weighted by atomic mass is 9.87. The zero-order valence-electron chi connectivity index (χ0n) is 44.3. The fraction of sp³-hybridized carbons (Fsp3) is 0.815. The normalized spacial score (nSPS) is 14.4. The van der Waals surface area contributed by atoms with Gasteiger partial charge in [-0.25, -0.2) is 0 Å². The Balaban J connectivity index is 5.48. The zero-order valence-corrected chi connectivity index (χ0v) is 44.3. The fourth-order valence-electron chi connectivity index (χ4n) is 8.62. The van der Waals surface area contributed by atoms with Crippen molar-refractivity contribution in [1.29, 1.82) is 0 Å².